The summed E-state index contributed by atoms with van der Waals surface area (Å²) in [5, 5.41) is 15.7. The van der Waals surface area contributed by atoms with Gasteiger partial charge in [-0.05, 0) is 31.2 Å². The number of hydrogen-bond acceptors (Lipinski definition) is 5. The Hall–Kier alpha value is -4.12. The van der Waals surface area contributed by atoms with Gasteiger partial charge in [-0.2, -0.15) is 13.9 Å². The van der Waals surface area contributed by atoms with Crippen molar-refractivity contribution in [3.8, 4) is 22.6 Å². The molecule has 188 valence electrons. The van der Waals surface area contributed by atoms with Crippen molar-refractivity contribution in [2.45, 2.75) is 25.4 Å². The van der Waals surface area contributed by atoms with Crippen molar-refractivity contribution in [2.24, 2.45) is 7.05 Å². The number of hydrogen-bond donors (Lipinski definition) is 1. The Morgan fingerprint density at radius 1 is 1.14 bits per heavy atom. The molecule has 12 heteroatoms. The van der Waals surface area contributed by atoms with E-state index in [1.54, 1.807) is 24.0 Å². The molecule has 4 aromatic heterocycles. The zero-order chi connectivity index (χ0) is 25.9. The Labute approximate surface area is 214 Å². The summed E-state index contributed by atoms with van der Waals surface area (Å²) in [4.78, 5) is 4.35. The third kappa shape index (κ3) is 3.77. The summed E-state index contributed by atoms with van der Waals surface area (Å²) in [7, 11) is 1.81. The Kier molecular flexibility index (Phi) is 5.34. The first-order valence-corrected chi connectivity index (χ1v) is 11.8. The van der Waals surface area contributed by atoms with Crippen molar-refractivity contribution in [3.05, 3.63) is 83.3 Å². The predicted molar refractivity (Wildman–Crippen MR) is 132 cm³/mol. The first-order valence-electron chi connectivity index (χ1n) is 11.4. The number of halogens is 4. The minimum Gasteiger partial charge on any atom is -0.342 e. The van der Waals surface area contributed by atoms with Gasteiger partial charge in [0.2, 0.25) is 5.82 Å². The van der Waals surface area contributed by atoms with Crippen molar-refractivity contribution >= 4 is 23.2 Å². The molecule has 0 bridgehead atoms. The number of rotatable bonds is 5. The summed E-state index contributed by atoms with van der Waals surface area (Å²) in [5.74, 6) is -3.67. The van der Waals surface area contributed by atoms with E-state index in [1.807, 2.05) is 36.0 Å². The fourth-order valence-electron chi connectivity index (χ4n) is 4.65. The number of aryl methyl sites for hydroxylation is 1. The lowest BCUT2D eigenvalue weighted by Crippen LogP contribution is -2.28. The van der Waals surface area contributed by atoms with E-state index in [4.69, 9.17) is 11.6 Å². The molecule has 0 saturated carbocycles. The van der Waals surface area contributed by atoms with Crippen molar-refractivity contribution in [1.82, 2.24) is 34.1 Å². The van der Waals surface area contributed by atoms with Crippen LogP contribution in [0.5, 0.6) is 0 Å². The molecular weight excluding hydrogens is 505 g/mol. The highest BCUT2D eigenvalue weighted by atomic mass is 35.5. The van der Waals surface area contributed by atoms with E-state index in [2.05, 4.69) is 25.6 Å². The van der Waals surface area contributed by atoms with Crippen LogP contribution in [0.15, 0.2) is 61.1 Å². The number of fused-ring (bicyclic) bond motifs is 3. The molecule has 1 aliphatic heterocycles. The van der Waals surface area contributed by atoms with Crippen LogP contribution in [0.4, 0.5) is 24.8 Å². The summed E-state index contributed by atoms with van der Waals surface area (Å²) in [5.41, 5.74) is 1.33. The van der Waals surface area contributed by atoms with E-state index in [-0.39, 0.29) is 5.82 Å². The molecule has 0 fully saturated rings. The predicted octanol–water partition coefficient (Wildman–Crippen LogP) is 5.79. The topological polar surface area (TPSA) is 78.4 Å². The maximum atomic E-state index is 15.5. The van der Waals surface area contributed by atoms with Gasteiger partial charge in [-0.15, -0.1) is 10.2 Å². The molecule has 1 aliphatic rings. The van der Waals surface area contributed by atoms with E-state index in [0.717, 1.165) is 23.5 Å². The Morgan fingerprint density at radius 3 is 2.70 bits per heavy atom. The molecule has 0 radical (unpaired) electrons. The number of aromatic nitrogens is 7. The zero-order valence-electron chi connectivity index (χ0n) is 19.7. The third-order valence-electron chi connectivity index (χ3n) is 6.46. The molecule has 37 heavy (non-hydrogen) atoms. The average molecular weight is 525 g/mol. The van der Waals surface area contributed by atoms with Crippen molar-refractivity contribution in [2.75, 3.05) is 5.32 Å². The Bertz CT molecular complexity index is 1640. The lowest BCUT2D eigenvalue weighted by atomic mass is 10.1. The largest absolute Gasteiger partial charge is 0.342 e. The fourth-order valence-corrected chi connectivity index (χ4v) is 4.86. The second-order valence-electron chi connectivity index (χ2n) is 8.90. The van der Waals surface area contributed by atoms with Crippen LogP contribution in [0, 0.1) is 5.82 Å². The molecule has 5 heterocycles. The summed E-state index contributed by atoms with van der Waals surface area (Å²) in [6.45, 7) is 2.19. The molecule has 0 saturated heterocycles. The number of pyridine rings is 1. The van der Waals surface area contributed by atoms with Crippen molar-refractivity contribution < 1.29 is 13.2 Å². The third-order valence-corrected chi connectivity index (χ3v) is 6.76. The number of nitrogens with one attached hydrogen (secondary N) is 1. The van der Waals surface area contributed by atoms with E-state index in [9.17, 15) is 4.39 Å². The van der Waals surface area contributed by atoms with Crippen LogP contribution in [-0.4, -0.2) is 34.1 Å². The minimum absolute atomic E-state index is 0.273. The maximum absolute atomic E-state index is 15.5. The summed E-state index contributed by atoms with van der Waals surface area (Å²) in [6, 6.07) is 9.86. The molecular formula is C25H20ClF3N8. The molecule has 8 nitrogen and oxygen atoms in total. The quantitative estimate of drug-likeness (QED) is 0.315. The van der Waals surface area contributed by atoms with Gasteiger partial charge in [0.25, 0.3) is 0 Å². The Morgan fingerprint density at radius 2 is 1.95 bits per heavy atom. The Balaban J connectivity index is 1.40. The van der Waals surface area contributed by atoms with Gasteiger partial charge >= 0.3 is 5.92 Å². The van der Waals surface area contributed by atoms with Gasteiger partial charge in [-0.1, -0.05) is 23.7 Å². The standard InChI is InChI=1S/C25H20ClF3N8/c1-14-12-36-13-15(16-10-21(30-11-18(16)26)32-22-7-8-31-35(22)2)9-20(36)23-33-34-24(37(14)23)25(28,29)17-5-3-4-6-19(17)27/h3-11,13-14H,12H2,1-2H3,(H,30,32)/t14-/m0/s1. The summed E-state index contributed by atoms with van der Waals surface area (Å²) in [6.07, 6.45) is 5.11. The maximum Gasteiger partial charge on any atom is 0.334 e. The molecule has 0 spiro atoms. The number of benzene rings is 1. The molecule has 0 unspecified atom stereocenters. The van der Waals surface area contributed by atoms with Crippen LogP contribution in [0.2, 0.25) is 5.02 Å². The molecule has 6 rings (SSSR count). The van der Waals surface area contributed by atoms with Crippen molar-refractivity contribution in [3.63, 3.8) is 0 Å². The molecule has 0 aliphatic carbocycles. The van der Waals surface area contributed by atoms with Gasteiger partial charge in [0.05, 0.1) is 28.5 Å². The molecule has 1 atom stereocenters. The van der Waals surface area contributed by atoms with Crippen LogP contribution < -0.4 is 5.32 Å². The second kappa shape index (κ2) is 8.48. The van der Waals surface area contributed by atoms with Crippen LogP contribution >= 0.6 is 11.6 Å². The molecule has 5 aromatic rings. The smallest absolute Gasteiger partial charge is 0.334 e. The summed E-state index contributed by atoms with van der Waals surface area (Å²) < 4.78 is 50.2. The van der Waals surface area contributed by atoms with Crippen LogP contribution in [0.25, 0.3) is 22.6 Å². The summed E-state index contributed by atoms with van der Waals surface area (Å²) >= 11 is 6.50. The minimum atomic E-state index is -3.66. The highest BCUT2D eigenvalue weighted by Crippen LogP contribution is 2.42. The lowest BCUT2D eigenvalue weighted by Gasteiger charge is -2.27. The normalized spacial score (nSPS) is 14.9. The highest BCUT2D eigenvalue weighted by molar-refractivity contribution is 6.33. The van der Waals surface area contributed by atoms with E-state index >= 15 is 8.78 Å². The van der Waals surface area contributed by atoms with E-state index < -0.39 is 29.2 Å². The van der Waals surface area contributed by atoms with E-state index in [0.29, 0.717) is 28.6 Å². The van der Waals surface area contributed by atoms with Gasteiger partial charge in [0.1, 0.15) is 17.5 Å². The highest BCUT2D eigenvalue weighted by Gasteiger charge is 2.44. The van der Waals surface area contributed by atoms with Crippen molar-refractivity contribution in [1.29, 1.82) is 0 Å². The van der Waals surface area contributed by atoms with Gasteiger partial charge < -0.3 is 9.88 Å². The lowest BCUT2D eigenvalue weighted by molar-refractivity contribution is 0.0231. The van der Waals surface area contributed by atoms with Gasteiger partial charge in [-0.25, -0.2) is 9.37 Å². The van der Waals surface area contributed by atoms with Crippen LogP contribution in [-0.2, 0) is 19.5 Å². The molecule has 0 amide bonds. The van der Waals surface area contributed by atoms with Gasteiger partial charge in [0, 0.05) is 43.2 Å². The number of alkyl halides is 2. The zero-order valence-corrected chi connectivity index (χ0v) is 20.5. The molecule has 1 aromatic carbocycles. The fraction of sp³-hybridized carbons (Fsp3) is 0.200. The first kappa shape index (κ1) is 23.3. The second-order valence-corrected chi connectivity index (χ2v) is 9.31. The average Bonchev–Trinajstić information content (AvgIpc) is 3.59. The molecule has 1 N–H and O–H groups in total. The van der Waals surface area contributed by atoms with Crippen LogP contribution in [0.3, 0.4) is 0 Å². The number of nitrogens with zero attached hydrogens (tertiary/aromatic N) is 7. The monoisotopic (exact) mass is 524 g/mol. The van der Waals surface area contributed by atoms with Gasteiger partial charge in [-0.3, -0.25) is 9.25 Å². The van der Waals surface area contributed by atoms with E-state index in [1.165, 1.54) is 16.7 Å². The van der Waals surface area contributed by atoms with Gasteiger partial charge in [0.15, 0.2) is 5.82 Å². The number of anilines is 2. The SMILES string of the molecule is C[C@H]1Cn2cc(-c3cc(Nc4ccnn4C)ncc3Cl)cc2-c2nnc(C(F)(F)c3ccccc3F)n21. The first-order chi connectivity index (χ1) is 17.7. The van der Waals surface area contributed by atoms with Crippen LogP contribution in [0.1, 0.15) is 24.4 Å².